The van der Waals surface area contributed by atoms with Crippen molar-refractivity contribution in [1.29, 1.82) is 0 Å². The molecule has 0 aromatic heterocycles. The van der Waals surface area contributed by atoms with E-state index in [4.69, 9.17) is 4.74 Å². The first-order valence-corrected chi connectivity index (χ1v) is 6.01. The maximum Gasteiger partial charge on any atom is 0.320 e. The molecule has 0 fully saturated rings. The normalized spacial score (nSPS) is 13.4. The van der Waals surface area contributed by atoms with Crippen molar-refractivity contribution in [1.82, 2.24) is 0 Å². The molecule has 1 atom stereocenters. The van der Waals surface area contributed by atoms with Crippen LogP contribution in [0.5, 0.6) is 0 Å². The van der Waals surface area contributed by atoms with Gasteiger partial charge in [0.2, 0.25) is 0 Å². The summed E-state index contributed by atoms with van der Waals surface area (Å²) in [4.78, 5) is 22.8. The predicted octanol–water partition coefficient (Wildman–Crippen LogP) is 2.65. The van der Waals surface area contributed by atoms with E-state index in [0.717, 1.165) is 11.8 Å². The Kier molecular flexibility index (Phi) is 5.31. The minimum absolute atomic E-state index is 0.291. The van der Waals surface area contributed by atoms with Crippen LogP contribution in [0.4, 0.5) is 0 Å². The molecule has 1 aromatic carbocycles. The number of benzene rings is 1. The number of ether oxygens (including phenoxy) is 1. The molecule has 0 N–H and O–H groups in total. The van der Waals surface area contributed by atoms with Crippen molar-refractivity contribution in [3.05, 3.63) is 48.6 Å². The summed E-state index contributed by atoms with van der Waals surface area (Å²) >= 11 is 0. The van der Waals surface area contributed by atoms with Crippen LogP contribution in [-0.4, -0.2) is 18.9 Å². The molecule has 3 heteroatoms. The van der Waals surface area contributed by atoms with Gasteiger partial charge in [0.15, 0.2) is 0 Å². The average molecular weight is 246 g/mol. The van der Waals surface area contributed by atoms with Gasteiger partial charge in [-0.2, -0.15) is 0 Å². The zero-order valence-corrected chi connectivity index (χ0v) is 10.6. The van der Waals surface area contributed by atoms with Crippen molar-refractivity contribution in [2.75, 3.05) is 6.61 Å². The minimum atomic E-state index is -0.932. The molecule has 0 saturated heterocycles. The van der Waals surface area contributed by atoms with Crippen LogP contribution in [0, 0.1) is 0 Å². The Bertz CT molecular complexity index is 411. The van der Waals surface area contributed by atoms with Gasteiger partial charge in [0.25, 0.3) is 0 Å². The van der Waals surface area contributed by atoms with Crippen LogP contribution in [0.3, 0.4) is 0 Å². The summed E-state index contributed by atoms with van der Waals surface area (Å²) in [5.41, 5.74) is -0.127. The molecule has 0 heterocycles. The van der Waals surface area contributed by atoms with Crippen molar-refractivity contribution in [2.24, 2.45) is 0 Å². The molecule has 0 spiro atoms. The number of aldehydes is 1. The summed E-state index contributed by atoms with van der Waals surface area (Å²) in [5, 5.41) is 0. The molecule has 0 aliphatic rings. The van der Waals surface area contributed by atoms with Crippen LogP contribution < -0.4 is 0 Å². The van der Waals surface area contributed by atoms with E-state index in [1.807, 2.05) is 30.3 Å². The lowest BCUT2D eigenvalue weighted by Gasteiger charge is -2.28. The van der Waals surface area contributed by atoms with Crippen LogP contribution in [-0.2, 0) is 19.7 Å². The van der Waals surface area contributed by atoms with E-state index in [1.165, 1.54) is 0 Å². The second kappa shape index (κ2) is 6.74. The third kappa shape index (κ3) is 2.86. The number of esters is 1. The predicted molar refractivity (Wildman–Crippen MR) is 70.2 cm³/mol. The van der Waals surface area contributed by atoms with Crippen LogP contribution in [0.25, 0.3) is 0 Å². The van der Waals surface area contributed by atoms with Gasteiger partial charge in [0.1, 0.15) is 11.7 Å². The Morgan fingerprint density at radius 1 is 1.39 bits per heavy atom. The van der Waals surface area contributed by atoms with Crippen molar-refractivity contribution in [3.63, 3.8) is 0 Å². The average Bonchev–Trinajstić information content (AvgIpc) is 2.42. The fourth-order valence-corrected chi connectivity index (χ4v) is 1.95. The fourth-order valence-electron chi connectivity index (χ4n) is 1.95. The monoisotopic (exact) mass is 246 g/mol. The number of carbonyl (C=O) groups excluding carboxylic acids is 2. The van der Waals surface area contributed by atoms with Gasteiger partial charge >= 0.3 is 5.97 Å². The van der Waals surface area contributed by atoms with Crippen molar-refractivity contribution in [2.45, 2.75) is 25.2 Å². The second-order valence-electron chi connectivity index (χ2n) is 3.97. The standard InChI is InChI=1S/C15H18O3/c1-3-15(11-8-12-16,14(17)18-4-2)13-9-6-5-7-10-13/h3,5-7,9-10,12H,1,4,8,11H2,2H3/t15-/m1/s1. The Balaban J connectivity index is 3.17. The zero-order valence-electron chi connectivity index (χ0n) is 10.6. The van der Waals surface area contributed by atoms with Gasteiger partial charge in [0.05, 0.1) is 6.61 Å². The highest BCUT2D eigenvalue weighted by Crippen LogP contribution is 2.32. The molecule has 0 bridgehead atoms. The molecule has 0 radical (unpaired) electrons. The first-order valence-electron chi connectivity index (χ1n) is 6.01. The number of rotatable bonds is 7. The maximum atomic E-state index is 12.2. The van der Waals surface area contributed by atoms with E-state index < -0.39 is 5.41 Å². The lowest BCUT2D eigenvalue weighted by Crippen LogP contribution is -2.35. The van der Waals surface area contributed by atoms with Crippen LogP contribution in [0.2, 0.25) is 0 Å². The molecule has 0 unspecified atom stereocenters. The number of hydrogen-bond acceptors (Lipinski definition) is 3. The van der Waals surface area contributed by atoms with E-state index in [9.17, 15) is 9.59 Å². The van der Waals surface area contributed by atoms with E-state index >= 15 is 0 Å². The highest BCUT2D eigenvalue weighted by molar-refractivity contribution is 5.86. The molecule has 0 aliphatic heterocycles. The molecular formula is C15H18O3. The zero-order chi connectivity index (χ0) is 13.4. The Hall–Kier alpha value is -1.90. The highest BCUT2D eigenvalue weighted by atomic mass is 16.5. The summed E-state index contributed by atoms with van der Waals surface area (Å²) in [6.45, 7) is 5.82. The van der Waals surface area contributed by atoms with Gasteiger partial charge in [-0.05, 0) is 18.9 Å². The molecule has 96 valence electrons. The van der Waals surface area contributed by atoms with E-state index in [0.29, 0.717) is 19.4 Å². The lowest BCUT2D eigenvalue weighted by atomic mass is 9.77. The van der Waals surface area contributed by atoms with Crippen LogP contribution in [0.1, 0.15) is 25.3 Å². The molecule has 18 heavy (non-hydrogen) atoms. The molecule has 1 aromatic rings. The van der Waals surface area contributed by atoms with E-state index in [-0.39, 0.29) is 5.97 Å². The van der Waals surface area contributed by atoms with Gasteiger partial charge in [0, 0.05) is 6.42 Å². The van der Waals surface area contributed by atoms with E-state index in [2.05, 4.69) is 6.58 Å². The molecular weight excluding hydrogens is 228 g/mol. The largest absolute Gasteiger partial charge is 0.465 e. The summed E-state index contributed by atoms with van der Waals surface area (Å²) < 4.78 is 5.12. The van der Waals surface area contributed by atoms with Crippen molar-refractivity contribution in [3.8, 4) is 0 Å². The van der Waals surface area contributed by atoms with Crippen molar-refractivity contribution < 1.29 is 14.3 Å². The molecule has 0 saturated carbocycles. The highest BCUT2D eigenvalue weighted by Gasteiger charge is 2.38. The summed E-state index contributed by atoms with van der Waals surface area (Å²) in [6.07, 6.45) is 3.05. The SMILES string of the molecule is C=C[C@](CCC=O)(C(=O)OCC)c1ccccc1. The number of hydrogen-bond donors (Lipinski definition) is 0. The summed E-state index contributed by atoms with van der Waals surface area (Å²) in [7, 11) is 0. The Morgan fingerprint density at radius 3 is 2.56 bits per heavy atom. The maximum absolute atomic E-state index is 12.2. The smallest absolute Gasteiger partial charge is 0.320 e. The minimum Gasteiger partial charge on any atom is -0.465 e. The molecule has 3 nitrogen and oxygen atoms in total. The summed E-state index contributed by atoms with van der Waals surface area (Å²) in [6, 6.07) is 9.29. The Labute approximate surface area is 107 Å². The topological polar surface area (TPSA) is 43.4 Å². The first kappa shape index (κ1) is 14.2. The molecule has 1 rings (SSSR count). The van der Waals surface area contributed by atoms with Gasteiger partial charge < -0.3 is 9.53 Å². The molecule has 0 amide bonds. The molecule has 0 aliphatic carbocycles. The van der Waals surface area contributed by atoms with Gasteiger partial charge in [-0.3, -0.25) is 4.79 Å². The van der Waals surface area contributed by atoms with Crippen LogP contribution in [0.15, 0.2) is 43.0 Å². The summed E-state index contributed by atoms with van der Waals surface area (Å²) in [5.74, 6) is -0.354. The van der Waals surface area contributed by atoms with Gasteiger partial charge in [-0.15, -0.1) is 6.58 Å². The lowest BCUT2D eigenvalue weighted by molar-refractivity contribution is -0.148. The third-order valence-electron chi connectivity index (χ3n) is 2.93. The fraction of sp³-hybridized carbons (Fsp3) is 0.333. The van der Waals surface area contributed by atoms with Gasteiger partial charge in [-0.1, -0.05) is 36.4 Å². The quantitative estimate of drug-likeness (QED) is 0.422. The first-order chi connectivity index (χ1) is 8.71. The number of carbonyl (C=O) groups is 2. The van der Waals surface area contributed by atoms with E-state index in [1.54, 1.807) is 13.0 Å². The second-order valence-corrected chi connectivity index (χ2v) is 3.97. The van der Waals surface area contributed by atoms with Gasteiger partial charge in [-0.25, -0.2) is 0 Å². The van der Waals surface area contributed by atoms with Crippen molar-refractivity contribution >= 4 is 12.3 Å². The Morgan fingerprint density at radius 2 is 2.06 bits per heavy atom. The van der Waals surface area contributed by atoms with Crippen LogP contribution >= 0.6 is 0 Å². The third-order valence-corrected chi connectivity index (χ3v) is 2.93.